The van der Waals surface area contributed by atoms with E-state index in [-0.39, 0.29) is 6.42 Å². The number of ether oxygens (including phenoxy) is 1. The number of hydrogen-bond acceptors (Lipinski definition) is 5. The maximum atomic E-state index is 12.5. The van der Waals surface area contributed by atoms with Gasteiger partial charge in [0.05, 0.1) is 6.42 Å². The van der Waals surface area contributed by atoms with Gasteiger partial charge in [-0.3, -0.25) is 24.1 Å². The summed E-state index contributed by atoms with van der Waals surface area (Å²) < 4.78 is 5.13. The van der Waals surface area contributed by atoms with Gasteiger partial charge in [-0.15, -0.1) is 0 Å². The zero-order chi connectivity index (χ0) is 20.8. The smallest absolute Gasteiger partial charge is 0.326 e. The molecule has 0 saturated heterocycles. The van der Waals surface area contributed by atoms with Crippen LogP contribution < -0.4 is 5.32 Å². The SMILES string of the molecule is C[C@H](OC(=O)CN1C(=O)Cc2ccccc2C1=O)C(=O)NCCC1=CCCCC1. The average molecular weight is 398 g/mol. The molecule has 7 heteroatoms. The fourth-order valence-electron chi connectivity index (χ4n) is 3.60. The molecule has 1 heterocycles. The zero-order valence-corrected chi connectivity index (χ0v) is 16.6. The highest BCUT2D eigenvalue weighted by Gasteiger charge is 2.33. The number of carbonyl (C=O) groups is 4. The highest BCUT2D eigenvalue weighted by molar-refractivity contribution is 6.11. The van der Waals surface area contributed by atoms with Crippen LogP contribution in [-0.2, 0) is 25.5 Å². The van der Waals surface area contributed by atoms with Crippen LogP contribution in [-0.4, -0.2) is 47.8 Å². The van der Waals surface area contributed by atoms with Crippen molar-refractivity contribution in [1.29, 1.82) is 0 Å². The number of allylic oxidation sites excluding steroid dienone is 1. The number of nitrogens with zero attached hydrogens (tertiary/aromatic N) is 1. The molecule has 1 aliphatic carbocycles. The lowest BCUT2D eigenvalue weighted by atomic mass is 9.97. The Kier molecular flexibility index (Phi) is 6.80. The summed E-state index contributed by atoms with van der Waals surface area (Å²) >= 11 is 0. The summed E-state index contributed by atoms with van der Waals surface area (Å²) in [6, 6.07) is 6.81. The molecule has 2 aliphatic rings. The summed E-state index contributed by atoms with van der Waals surface area (Å²) in [6.45, 7) is 1.46. The Balaban J connectivity index is 1.47. The maximum absolute atomic E-state index is 12.5. The van der Waals surface area contributed by atoms with Crippen LogP contribution in [0.5, 0.6) is 0 Å². The Bertz CT molecular complexity index is 845. The van der Waals surface area contributed by atoms with Crippen molar-refractivity contribution < 1.29 is 23.9 Å². The second-order valence-electron chi connectivity index (χ2n) is 7.40. The van der Waals surface area contributed by atoms with Crippen molar-refractivity contribution in [3.8, 4) is 0 Å². The molecule has 7 nitrogen and oxygen atoms in total. The van der Waals surface area contributed by atoms with E-state index in [1.165, 1.54) is 25.3 Å². The van der Waals surface area contributed by atoms with Crippen LogP contribution in [0.4, 0.5) is 0 Å². The van der Waals surface area contributed by atoms with E-state index in [4.69, 9.17) is 4.74 Å². The molecule has 3 amide bonds. The predicted molar refractivity (Wildman–Crippen MR) is 106 cm³/mol. The third-order valence-corrected chi connectivity index (χ3v) is 5.23. The first-order valence-corrected chi connectivity index (χ1v) is 10.0. The summed E-state index contributed by atoms with van der Waals surface area (Å²) in [4.78, 5) is 49.9. The normalized spacial score (nSPS) is 17.3. The summed E-state index contributed by atoms with van der Waals surface area (Å²) in [5, 5.41) is 2.76. The van der Waals surface area contributed by atoms with Crippen LogP contribution in [0.2, 0.25) is 0 Å². The van der Waals surface area contributed by atoms with E-state index in [0.29, 0.717) is 17.7 Å². The molecule has 1 aromatic rings. The predicted octanol–water partition coefficient (Wildman–Crippen LogP) is 2.15. The van der Waals surface area contributed by atoms with E-state index in [9.17, 15) is 19.2 Å². The molecule has 154 valence electrons. The third-order valence-electron chi connectivity index (χ3n) is 5.23. The van der Waals surface area contributed by atoms with Crippen LogP contribution in [0.25, 0.3) is 0 Å². The molecule has 0 fully saturated rings. The molecule has 1 aliphatic heterocycles. The molecule has 0 unspecified atom stereocenters. The van der Waals surface area contributed by atoms with Crippen LogP contribution in [0.1, 0.15) is 54.9 Å². The summed E-state index contributed by atoms with van der Waals surface area (Å²) in [5.41, 5.74) is 2.40. The van der Waals surface area contributed by atoms with Gasteiger partial charge in [0.1, 0.15) is 6.54 Å². The van der Waals surface area contributed by atoms with Crippen molar-refractivity contribution in [1.82, 2.24) is 10.2 Å². The standard InChI is InChI=1S/C22H26N2O5/c1-15(21(27)23-12-11-16-7-3-2-4-8-16)29-20(26)14-24-19(25)13-17-9-5-6-10-18(17)22(24)28/h5-7,9-10,15H,2-4,8,11-14H2,1H3,(H,23,27)/t15-/m0/s1. The van der Waals surface area contributed by atoms with E-state index < -0.39 is 36.3 Å². The van der Waals surface area contributed by atoms with E-state index in [2.05, 4.69) is 11.4 Å². The van der Waals surface area contributed by atoms with Crippen LogP contribution in [0, 0.1) is 0 Å². The molecule has 0 saturated carbocycles. The fourth-order valence-corrected chi connectivity index (χ4v) is 3.60. The highest BCUT2D eigenvalue weighted by Crippen LogP contribution is 2.20. The summed E-state index contributed by atoms with van der Waals surface area (Å²) in [7, 11) is 0. The molecule has 1 N–H and O–H groups in total. The van der Waals surface area contributed by atoms with Crippen molar-refractivity contribution in [3.05, 3.63) is 47.0 Å². The van der Waals surface area contributed by atoms with Crippen LogP contribution in [0.15, 0.2) is 35.9 Å². The average Bonchev–Trinajstić information content (AvgIpc) is 2.71. The molecular weight excluding hydrogens is 372 g/mol. The monoisotopic (exact) mass is 398 g/mol. The largest absolute Gasteiger partial charge is 0.451 e. The lowest BCUT2D eigenvalue weighted by molar-refractivity contribution is -0.156. The van der Waals surface area contributed by atoms with Gasteiger partial charge in [0.15, 0.2) is 6.10 Å². The fraction of sp³-hybridized carbons (Fsp3) is 0.455. The Labute approximate surface area is 170 Å². The number of nitrogens with one attached hydrogen (secondary N) is 1. The van der Waals surface area contributed by atoms with Gasteiger partial charge in [-0.25, -0.2) is 0 Å². The van der Waals surface area contributed by atoms with Gasteiger partial charge in [0.2, 0.25) is 5.91 Å². The number of esters is 1. The van der Waals surface area contributed by atoms with E-state index in [0.717, 1.165) is 24.2 Å². The van der Waals surface area contributed by atoms with Crippen LogP contribution in [0.3, 0.4) is 0 Å². The Hall–Kier alpha value is -2.96. The minimum absolute atomic E-state index is 0.0566. The number of fused-ring (bicyclic) bond motifs is 1. The van der Waals surface area contributed by atoms with Gasteiger partial charge in [-0.2, -0.15) is 0 Å². The number of amides is 3. The second-order valence-corrected chi connectivity index (χ2v) is 7.40. The summed E-state index contributed by atoms with van der Waals surface area (Å²) in [5.74, 6) is -2.16. The van der Waals surface area contributed by atoms with Crippen LogP contribution >= 0.6 is 0 Å². The topological polar surface area (TPSA) is 92.8 Å². The first-order valence-electron chi connectivity index (χ1n) is 10.0. The first kappa shape index (κ1) is 20.8. The Morgan fingerprint density at radius 3 is 2.76 bits per heavy atom. The van der Waals surface area contributed by atoms with Gasteiger partial charge in [-0.1, -0.05) is 29.8 Å². The number of imide groups is 1. The number of carbonyl (C=O) groups excluding carboxylic acids is 4. The van der Waals surface area contributed by atoms with Crippen molar-refractivity contribution in [3.63, 3.8) is 0 Å². The van der Waals surface area contributed by atoms with Gasteiger partial charge in [-0.05, 0) is 50.7 Å². The number of hydrogen-bond donors (Lipinski definition) is 1. The number of rotatable bonds is 7. The third kappa shape index (κ3) is 5.31. The van der Waals surface area contributed by atoms with Gasteiger partial charge in [0.25, 0.3) is 11.8 Å². The van der Waals surface area contributed by atoms with E-state index in [1.54, 1.807) is 24.3 Å². The maximum Gasteiger partial charge on any atom is 0.326 e. The Morgan fingerprint density at radius 2 is 2.00 bits per heavy atom. The second kappa shape index (κ2) is 9.49. The highest BCUT2D eigenvalue weighted by atomic mass is 16.5. The molecule has 29 heavy (non-hydrogen) atoms. The van der Waals surface area contributed by atoms with Crippen molar-refractivity contribution in [2.24, 2.45) is 0 Å². The van der Waals surface area contributed by atoms with E-state index >= 15 is 0 Å². The molecule has 0 bridgehead atoms. The molecular formula is C22H26N2O5. The van der Waals surface area contributed by atoms with Crippen molar-refractivity contribution in [2.45, 2.75) is 51.6 Å². The molecule has 1 aromatic carbocycles. The van der Waals surface area contributed by atoms with Gasteiger partial charge in [0, 0.05) is 12.1 Å². The molecule has 3 rings (SSSR count). The lowest BCUT2D eigenvalue weighted by Crippen LogP contribution is -2.46. The van der Waals surface area contributed by atoms with E-state index in [1.807, 2.05) is 0 Å². The molecule has 0 spiro atoms. The molecule has 0 aromatic heterocycles. The van der Waals surface area contributed by atoms with Crippen molar-refractivity contribution in [2.75, 3.05) is 13.1 Å². The Morgan fingerprint density at radius 1 is 1.21 bits per heavy atom. The quantitative estimate of drug-likeness (QED) is 0.432. The molecule has 1 atom stereocenters. The first-order chi connectivity index (χ1) is 14.0. The van der Waals surface area contributed by atoms with Crippen molar-refractivity contribution >= 4 is 23.7 Å². The zero-order valence-electron chi connectivity index (χ0n) is 16.6. The minimum Gasteiger partial charge on any atom is -0.451 e. The lowest BCUT2D eigenvalue weighted by Gasteiger charge is -2.26. The summed E-state index contributed by atoms with van der Waals surface area (Å²) in [6.07, 6.45) is 6.65. The van der Waals surface area contributed by atoms with Gasteiger partial charge >= 0.3 is 5.97 Å². The minimum atomic E-state index is -0.995. The van der Waals surface area contributed by atoms with Gasteiger partial charge < -0.3 is 10.1 Å². The number of benzene rings is 1. The molecule has 0 radical (unpaired) electrons.